The highest BCUT2D eigenvalue weighted by atomic mass is 79.9. The molecule has 0 aromatic heterocycles. The normalized spacial score (nSPS) is 16.1. The molecule has 1 aliphatic heterocycles. The molecule has 0 N–H and O–H groups in total. The average Bonchev–Trinajstić information content (AvgIpc) is 3.12. The van der Waals surface area contributed by atoms with Gasteiger partial charge in [-0.15, -0.1) is 0 Å². The van der Waals surface area contributed by atoms with Crippen LogP contribution in [-0.4, -0.2) is 38.0 Å². The van der Waals surface area contributed by atoms with Crippen molar-refractivity contribution in [3.05, 3.63) is 52.0 Å². The second-order valence-corrected chi connectivity index (χ2v) is 7.01. The molecule has 142 valence electrons. The number of benzene rings is 2. The van der Waals surface area contributed by atoms with Crippen LogP contribution in [0.15, 0.2) is 46.0 Å². The van der Waals surface area contributed by atoms with Crippen molar-refractivity contribution in [1.29, 1.82) is 0 Å². The summed E-state index contributed by atoms with van der Waals surface area (Å²) in [6.07, 6.45) is 0.592. The van der Waals surface area contributed by atoms with Crippen molar-refractivity contribution in [2.24, 2.45) is 5.10 Å². The maximum atomic E-state index is 12.2. The first-order valence-corrected chi connectivity index (χ1v) is 9.21. The van der Waals surface area contributed by atoms with Crippen LogP contribution in [0.4, 0.5) is 0 Å². The summed E-state index contributed by atoms with van der Waals surface area (Å²) >= 11 is 3.48. The molecule has 0 bridgehead atoms. The van der Waals surface area contributed by atoms with Crippen molar-refractivity contribution in [2.75, 3.05) is 21.3 Å². The van der Waals surface area contributed by atoms with Crippen molar-refractivity contribution in [3.8, 4) is 17.2 Å². The van der Waals surface area contributed by atoms with E-state index in [2.05, 4.69) is 21.0 Å². The second kappa shape index (κ2) is 8.00. The van der Waals surface area contributed by atoms with Gasteiger partial charge in [-0.3, -0.25) is 4.79 Å². The molecule has 3 rings (SSSR count). The number of hydrazone groups is 1. The standard InChI is InChI=1S/C20H21BrN2O4/c1-12(24)23-17(11-16(22-23)13-6-5-7-15(21)8-13)14-9-18(25-2)20(27-4)19(10-14)26-3/h5-10,17H,11H2,1-4H3. The van der Waals surface area contributed by atoms with Crippen LogP contribution >= 0.6 is 15.9 Å². The zero-order valence-electron chi connectivity index (χ0n) is 15.7. The van der Waals surface area contributed by atoms with E-state index < -0.39 is 0 Å². The Morgan fingerprint density at radius 3 is 2.30 bits per heavy atom. The van der Waals surface area contributed by atoms with Gasteiger partial charge >= 0.3 is 0 Å². The molecule has 0 saturated carbocycles. The van der Waals surface area contributed by atoms with E-state index in [1.165, 1.54) is 11.9 Å². The van der Waals surface area contributed by atoms with Gasteiger partial charge in [-0.2, -0.15) is 5.10 Å². The fourth-order valence-corrected chi connectivity index (χ4v) is 3.60. The van der Waals surface area contributed by atoms with Gasteiger partial charge in [0.25, 0.3) is 0 Å². The lowest BCUT2D eigenvalue weighted by Crippen LogP contribution is -2.24. The number of hydrogen-bond acceptors (Lipinski definition) is 5. The Bertz CT molecular complexity index is 872. The minimum Gasteiger partial charge on any atom is -0.493 e. The molecule has 0 radical (unpaired) electrons. The Morgan fingerprint density at radius 1 is 1.11 bits per heavy atom. The molecule has 1 atom stereocenters. The molecule has 0 spiro atoms. The van der Waals surface area contributed by atoms with E-state index in [1.54, 1.807) is 21.3 Å². The van der Waals surface area contributed by atoms with Crippen LogP contribution in [0.25, 0.3) is 0 Å². The highest BCUT2D eigenvalue weighted by Gasteiger charge is 2.33. The average molecular weight is 433 g/mol. The molecule has 1 aliphatic rings. The Labute approximate surface area is 166 Å². The number of halogens is 1. The lowest BCUT2D eigenvalue weighted by atomic mass is 9.97. The smallest absolute Gasteiger partial charge is 0.240 e. The van der Waals surface area contributed by atoms with Crippen molar-refractivity contribution in [3.63, 3.8) is 0 Å². The Kier molecular flexibility index (Phi) is 5.70. The van der Waals surface area contributed by atoms with Crippen LogP contribution < -0.4 is 14.2 Å². The molecule has 1 unspecified atom stereocenters. The van der Waals surface area contributed by atoms with Gasteiger partial charge in [0.15, 0.2) is 11.5 Å². The molecule has 0 fully saturated rings. The third kappa shape index (κ3) is 3.78. The molecule has 7 heteroatoms. The fourth-order valence-electron chi connectivity index (χ4n) is 3.20. The number of carbonyl (C=O) groups excluding carboxylic acids is 1. The van der Waals surface area contributed by atoms with Gasteiger partial charge < -0.3 is 14.2 Å². The van der Waals surface area contributed by atoms with Crippen molar-refractivity contribution in [1.82, 2.24) is 5.01 Å². The lowest BCUT2D eigenvalue weighted by Gasteiger charge is -2.22. The van der Waals surface area contributed by atoms with Crippen molar-refractivity contribution in [2.45, 2.75) is 19.4 Å². The highest BCUT2D eigenvalue weighted by Crippen LogP contribution is 2.43. The number of hydrogen-bond donors (Lipinski definition) is 0. The SMILES string of the molecule is COc1cc(C2CC(c3cccc(Br)c3)=NN2C(C)=O)cc(OC)c1OC. The van der Waals surface area contributed by atoms with Gasteiger partial charge in [0, 0.05) is 17.8 Å². The third-order valence-corrected chi connectivity index (χ3v) is 4.96. The second-order valence-electron chi connectivity index (χ2n) is 6.10. The first kappa shape index (κ1) is 19.2. The number of rotatable bonds is 5. The predicted molar refractivity (Wildman–Crippen MR) is 107 cm³/mol. The number of nitrogens with zero attached hydrogens (tertiary/aromatic N) is 2. The molecule has 2 aromatic carbocycles. The Balaban J connectivity index is 2.03. The van der Waals surface area contributed by atoms with E-state index in [4.69, 9.17) is 14.2 Å². The van der Waals surface area contributed by atoms with Crippen molar-refractivity contribution >= 4 is 27.5 Å². The molecule has 0 aliphatic carbocycles. The largest absolute Gasteiger partial charge is 0.493 e. The van der Waals surface area contributed by atoms with Crippen LogP contribution in [0.5, 0.6) is 17.2 Å². The quantitative estimate of drug-likeness (QED) is 0.710. The Morgan fingerprint density at radius 2 is 1.78 bits per heavy atom. The van der Waals surface area contributed by atoms with Crippen LogP contribution in [-0.2, 0) is 4.79 Å². The summed E-state index contributed by atoms with van der Waals surface area (Å²) in [6, 6.07) is 11.4. The first-order chi connectivity index (χ1) is 13.0. The summed E-state index contributed by atoms with van der Waals surface area (Å²) in [6.45, 7) is 1.51. The van der Waals surface area contributed by atoms with E-state index >= 15 is 0 Å². The minimum atomic E-state index is -0.245. The minimum absolute atomic E-state index is 0.126. The van der Waals surface area contributed by atoms with Crippen LogP contribution in [0.1, 0.15) is 30.5 Å². The topological polar surface area (TPSA) is 60.4 Å². The third-order valence-electron chi connectivity index (χ3n) is 4.46. The fraction of sp³-hybridized carbons (Fsp3) is 0.300. The number of carbonyl (C=O) groups is 1. The van der Waals surface area contributed by atoms with Gasteiger partial charge in [0.05, 0.1) is 33.1 Å². The zero-order chi connectivity index (χ0) is 19.6. The summed E-state index contributed by atoms with van der Waals surface area (Å²) in [5.41, 5.74) is 2.70. The van der Waals surface area contributed by atoms with Crippen LogP contribution in [0, 0.1) is 0 Å². The highest BCUT2D eigenvalue weighted by molar-refractivity contribution is 9.10. The maximum absolute atomic E-state index is 12.2. The molecule has 1 amide bonds. The molecule has 1 heterocycles. The molecule has 0 saturated heterocycles. The van der Waals surface area contributed by atoms with Gasteiger partial charge in [-0.25, -0.2) is 5.01 Å². The van der Waals surface area contributed by atoms with Crippen molar-refractivity contribution < 1.29 is 19.0 Å². The molecular formula is C20H21BrN2O4. The van der Waals surface area contributed by atoms with Gasteiger partial charge in [0.1, 0.15) is 0 Å². The van der Waals surface area contributed by atoms with E-state index in [-0.39, 0.29) is 11.9 Å². The monoisotopic (exact) mass is 432 g/mol. The van der Waals surface area contributed by atoms with Gasteiger partial charge in [0.2, 0.25) is 11.7 Å². The summed E-state index contributed by atoms with van der Waals surface area (Å²) in [7, 11) is 4.70. The molecule has 27 heavy (non-hydrogen) atoms. The van der Waals surface area contributed by atoms with E-state index in [0.29, 0.717) is 23.7 Å². The van der Waals surface area contributed by atoms with Crippen LogP contribution in [0.3, 0.4) is 0 Å². The Hall–Kier alpha value is -2.54. The zero-order valence-corrected chi connectivity index (χ0v) is 17.2. The molecule has 2 aromatic rings. The molecule has 6 nitrogen and oxygen atoms in total. The summed E-state index contributed by atoms with van der Waals surface area (Å²) in [5.74, 6) is 1.49. The predicted octanol–water partition coefficient (Wildman–Crippen LogP) is 4.17. The van der Waals surface area contributed by atoms with Gasteiger partial charge in [-0.1, -0.05) is 28.1 Å². The lowest BCUT2D eigenvalue weighted by molar-refractivity contribution is -0.130. The number of ether oxygens (including phenoxy) is 3. The first-order valence-electron chi connectivity index (χ1n) is 8.41. The summed E-state index contributed by atoms with van der Waals surface area (Å²) < 4.78 is 17.3. The summed E-state index contributed by atoms with van der Waals surface area (Å²) in [5, 5.41) is 6.09. The summed E-state index contributed by atoms with van der Waals surface area (Å²) in [4.78, 5) is 12.2. The van der Waals surface area contributed by atoms with E-state index in [1.807, 2.05) is 36.4 Å². The van der Waals surface area contributed by atoms with E-state index in [9.17, 15) is 4.79 Å². The number of methoxy groups -OCH3 is 3. The van der Waals surface area contributed by atoms with E-state index in [0.717, 1.165) is 21.3 Å². The molecular weight excluding hydrogens is 412 g/mol. The van der Waals surface area contributed by atoms with Gasteiger partial charge in [-0.05, 0) is 35.4 Å². The maximum Gasteiger partial charge on any atom is 0.240 e. The number of amides is 1. The van der Waals surface area contributed by atoms with Crippen LogP contribution in [0.2, 0.25) is 0 Å².